The number of pyridine rings is 2. The molecular formula is C17H13F3N6. The van der Waals surface area contributed by atoms with E-state index in [1.165, 1.54) is 6.92 Å². The fourth-order valence-electron chi connectivity index (χ4n) is 2.49. The molecule has 0 unspecified atom stereocenters. The molecule has 132 valence electrons. The number of aryl methyl sites for hydroxylation is 1. The van der Waals surface area contributed by atoms with E-state index in [2.05, 4.69) is 20.4 Å². The molecule has 3 heterocycles. The molecule has 3 aromatic heterocycles. The molecular weight excluding hydrogens is 345 g/mol. The predicted octanol–water partition coefficient (Wildman–Crippen LogP) is 3.47. The molecule has 0 aliphatic rings. The Kier molecular flexibility index (Phi) is 4.58. The molecule has 26 heavy (non-hydrogen) atoms. The Morgan fingerprint density at radius 3 is 2.73 bits per heavy atom. The highest BCUT2D eigenvalue weighted by Crippen LogP contribution is 2.34. The zero-order valence-electron chi connectivity index (χ0n) is 13.6. The van der Waals surface area contributed by atoms with Gasteiger partial charge >= 0.3 is 6.18 Å². The Hall–Kier alpha value is -3.41. The SMILES string of the molecule is Cc1cc(C(F)(F)F)c(C#N)c(NCc2ncccc2-n2cccn2)n1. The van der Waals surface area contributed by atoms with E-state index in [1.807, 2.05) is 0 Å². The number of hydrogen-bond donors (Lipinski definition) is 1. The molecule has 0 aromatic carbocycles. The number of rotatable bonds is 4. The maximum absolute atomic E-state index is 13.2. The summed E-state index contributed by atoms with van der Waals surface area (Å²) in [5.74, 6) is -0.128. The number of nitrogens with zero attached hydrogens (tertiary/aromatic N) is 5. The lowest BCUT2D eigenvalue weighted by Gasteiger charge is -2.15. The highest BCUT2D eigenvalue weighted by atomic mass is 19.4. The van der Waals surface area contributed by atoms with Crippen LogP contribution in [0.3, 0.4) is 0 Å². The first-order chi connectivity index (χ1) is 12.4. The first-order valence-corrected chi connectivity index (χ1v) is 7.57. The summed E-state index contributed by atoms with van der Waals surface area (Å²) in [6.45, 7) is 1.52. The van der Waals surface area contributed by atoms with Gasteiger partial charge in [-0.25, -0.2) is 9.67 Å². The molecule has 0 radical (unpaired) electrons. The van der Waals surface area contributed by atoms with Gasteiger partial charge < -0.3 is 5.32 Å². The van der Waals surface area contributed by atoms with Crippen molar-refractivity contribution in [1.82, 2.24) is 19.7 Å². The lowest BCUT2D eigenvalue weighted by molar-refractivity contribution is -0.137. The summed E-state index contributed by atoms with van der Waals surface area (Å²) < 4.78 is 41.1. The van der Waals surface area contributed by atoms with Gasteiger partial charge in [0.25, 0.3) is 0 Å². The molecule has 9 heteroatoms. The molecule has 0 amide bonds. The van der Waals surface area contributed by atoms with E-state index < -0.39 is 17.3 Å². The summed E-state index contributed by atoms with van der Waals surface area (Å²) in [5, 5.41) is 16.1. The maximum atomic E-state index is 13.2. The van der Waals surface area contributed by atoms with Crippen molar-refractivity contribution in [3.05, 3.63) is 65.4 Å². The predicted molar refractivity (Wildman–Crippen MR) is 87.4 cm³/mol. The molecule has 6 nitrogen and oxygen atoms in total. The minimum atomic E-state index is -4.64. The molecule has 0 saturated carbocycles. The van der Waals surface area contributed by atoms with Crippen molar-refractivity contribution in [3.63, 3.8) is 0 Å². The number of nitrogens with one attached hydrogen (secondary N) is 1. The summed E-state index contributed by atoms with van der Waals surface area (Å²) in [4.78, 5) is 8.28. The zero-order valence-corrected chi connectivity index (χ0v) is 13.6. The highest BCUT2D eigenvalue weighted by molar-refractivity contribution is 5.58. The topological polar surface area (TPSA) is 79.4 Å². The third-order valence-corrected chi connectivity index (χ3v) is 3.61. The van der Waals surface area contributed by atoms with Gasteiger partial charge in [-0.1, -0.05) is 0 Å². The number of halogens is 3. The molecule has 0 fully saturated rings. The number of aromatic nitrogens is 4. The van der Waals surface area contributed by atoms with Gasteiger partial charge in [0.15, 0.2) is 0 Å². The van der Waals surface area contributed by atoms with E-state index in [0.717, 1.165) is 6.07 Å². The summed E-state index contributed by atoms with van der Waals surface area (Å²) >= 11 is 0. The van der Waals surface area contributed by atoms with Crippen molar-refractivity contribution >= 4 is 5.82 Å². The Morgan fingerprint density at radius 2 is 2.08 bits per heavy atom. The smallest absolute Gasteiger partial charge is 0.363 e. The minimum absolute atomic E-state index is 0.0818. The molecule has 1 N–H and O–H groups in total. The average Bonchev–Trinajstić information content (AvgIpc) is 3.13. The fourth-order valence-corrected chi connectivity index (χ4v) is 2.49. The number of alkyl halides is 3. The van der Waals surface area contributed by atoms with Crippen LogP contribution in [0, 0.1) is 18.3 Å². The van der Waals surface area contributed by atoms with Crippen LogP contribution in [0.15, 0.2) is 42.9 Å². The third kappa shape index (κ3) is 3.49. The average molecular weight is 358 g/mol. The van der Waals surface area contributed by atoms with Crippen LogP contribution in [-0.2, 0) is 12.7 Å². The van der Waals surface area contributed by atoms with Gasteiger partial charge in [0.2, 0.25) is 0 Å². The normalized spacial score (nSPS) is 11.2. The van der Waals surface area contributed by atoms with E-state index in [1.54, 1.807) is 47.5 Å². The lowest BCUT2D eigenvalue weighted by Crippen LogP contribution is -2.14. The first-order valence-electron chi connectivity index (χ1n) is 7.57. The number of hydrogen-bond acceptors (Lipinski definition) is 5. The van der Waals surface area contributed by atoms with E-state index in [0.29, 0.717) is 11.4 Å². The fraction of sp³-hybridized carbons (Fsp3) is 0.176. The largest absolute Gasteiger partial charge is 0.417 e. The van der Waals surface area contributed by atoms with Crippen molar-refractivity contribution in [2.75, 3.05) is 5.32 Å². The van der Waals surface area contributed by atoms with Gasteiger partial charge in [-0.2, -0.15) is 23.5 Å². The quantitative estimate of drug-likeness (QED) is 0.772. The van der Waals surface area contributed by atoms with Crippen LogP contribution < -0.4 is 5.32 Å². The number of nitriles is 1. The van der Waals surface area contributed by atoms with Gasteiger partial charge in [0.05, 0.1) is 23.5 Å². The van der Waals surface area contributed by atoms with Crippen LogP contribution in [0.4, 0.5) is 19.0 Å². The van der Waals surface area contributed by atoms with Crippen LogP contribution in [-0.4, -0.2) is 19.7 Å². The van der Waals surface area contributed by atoms with Gasteiger partial charge in [0, 0.05) is 24.3 Å². The molecule has 3 rings (SSSR count). The van der Waals surface area contributed by atoms with E-state index in [9.17, 15) is 18.4 Å². The van der Waals surface area contributed by atoms with Crippen molar-refractivity contribution < 1.29 is 13.2 Å². The second kappa shape index (κ2) is 6.84. The third-order valence-electron chi connectivity index (χ3n) is 3.61. The summed E-state index contributed by atoms with van der Waals surface area (Å²) in [5.41, 5.74) is -0.167. The van der Waals surface area contributed by atoms with Crippen LogP contribution in [0.5, 0.6) is 0 Å². The van der Waals surface area contributed by atoms with Gasteiger partial charge in [-0.05, 0) is 31.2 Å². The van der Waals surface area contributed by atoms with Crippen molar-refractivity contribution in [3.8, 4) is 11.8 Å². The molecule has 0 aliphatic carbocycles. The standard InChI is InChI=1S/C17H13F3N6/c1-11-8-13(17(18,19)20)12(9-21)16(25-11)23-10-14-15(4-2-5-22-14)26-7-3-6-24-26/h2-8H,10H2,1H3,(H,23,25). The van der Waals surface area contributed by atoms with Gasteiger partial charge in [-0.15, -0.1) is 0 Å². The molecule has 0 bridgehead atoms. The van der Waals surface area contributed by atoms with Crippen LogP contribution in [0.25, 0.3) is 5.69 Å². The minimum Gasteiger partial charge on any atom is -0.363 e. The van der Waals surface area contributed by atoms with Crippen LogP contribution in [0.2, 0.25) is 0 Å². The monoisotopic (exact) mass is 358 g/mol. The van der Waals surface area contributed by atoms with Gasteiger partial charge in [-0.3, -0.25) is 4.98 Å². The first kappa shape index (κ1) is 17.4. The summed E-state index contributed by atoms with van der Waals surface area (Å²) in [7, 11) is 0. The molecule has 3 aromatic rings. The maximum Gasteiger partial charge on any atom is 0.417 e. The Bertz CT molecular complexity index is 958. The lowest BCUT2D eigenvalue weighted by atomic mass is 10.1. The van der Waals surface area contributed by atoms with E-state index >= 15 is 0 Å². The Balaban J connectivity index is 1.95. The number of anilines is 1. The Morgan fingerprint density at radius 1 is 1.27 bits per heavy atom. The van der Waals surface area contributed by atoms with Crippen molar-refractivity contribution in [1.29, 1.82) is 5.26 Å². The molecule has 0 atom stereocenters. The Labute approximate surface area is 146 Å². The second-order valence-electron chi connectivity index (χ2n) is 5.42. The second-order valence-corrected chi connectivity index (χ2v) is 5.42. The summed E-state index contributed by atoms with van der Waals surface area (Å²) in [6.07, 6.45) is 0.268. The molecule has 0 aliphatic heterocycles. The van der Waals surface area contributed by atoms with Crippen LogP contribution >= 0.6 is 0 Å². The van der Waals surface area contributed by atoms with Crippen LogP contribution in [0.1, 0.15) is 22.5 Å². The van der Waals surface area contributed by atoms with Crippen molar-refractivity contribution in [2.45, 2.75) is 19.6 Å². The van der Waals surface area contributed by atoms with Crippen molar-refractivity contribution in [2.24, 2.45) is 0 Å². The molecule has 0 saturated heterocycles. The summed E-state index contributed by atoms with van der Waals surface area (Å²) in [6, 6.07) is 7.71. The zero-order chi connectivity index (χ0) is 18.7. The van der Waals surface area contributed by atoms with E-state index in [4.69, 9.17) is 0 Å². The highest BCUT2D eigenvalue weighted by Gasteiger charge is 2.35. The molecule has 0 spiro atoms. The van der Waals surface area contributed by atoms with E-state index in [-0.39, 0.29) is 18.1 Å². The van der Waals surface area contributed by atoms with Gasteiger partial charge in [0.1, 0.15) is 17.5 Å².